The summed E-state index contributed by atoms with van der Waals surface area (Å²) >= 11 is 1.41. The molecule has 0 bridgehead atoms. The Morgan fingerprint density at radius 3 is 1.94 bits per heavy atom. The Hall–Kier alpha value is -7.63. The number of hydrogen-bond donors (Lipinski definition) is 8. The number of ether oxygens (including phenoxy) is 1. The fourth-order valence-electron chi connectivity index (χ4n) is 8.38. The van der Waals surface area contributed by atoms with Gasteiger partial charge in [0.15, 0.2) is 11.3 Å². The van der Waals surface area contributed by atoms with Crippen LogP contribution >= 0.6 is 23.1 Å². The number of benzene rings is 5. The smallest absolute Gasteiger partial charge is 0.297 e. The van der Waals surface area contributed by atoms with Gasteiger partial charge in [0.1, 0.15) is 60.2 Å². The number of rotatable bonds is 21. The molecule has 40 heteroatoms. The first-order valence-electron chi connectivity index (χ1n) is 23.7. The van der Waals surface area contributed by atoms with Crippen LogP contribution in [0.2, 0.25) is 0 Å². The molecule has 3 aromatic heterocycles. The van der Waals surface area contributed by atoms with Gasteiger partial charge in [-0.3, -0.25) is 36.5 Å². The number of carbonyl (C=O) groups is 1. The standard InChI is InChI=1S/C46H41N11O21S8/c1-21-7-8-34-40(43(21)86(75,76)77)49-44-28(20-47)23(3)39(45(59)57(34)44)55-53-32-13-22(2)29(18-35(32)78-9-5-11-81(60,61)62)51-54-33-17-30(48-24(4)58)31(19-36(33)79-10-6-12-82(63,64)65)52-56-46-50-41-38(85(72,73)74)16-26-27(42(41)80-46)14-25(83(66,67)68)15-37(26)84(69,70)71/h7-8,13-19,59H,5-6,9-12H2,1-4H3,(H,48,58)(H,60,61,62)(H,63,64,65)(H,66,67,68)(H,69,70,71)(H,72,73,74)(H,75,76,77). The van der Waals surface area contributed by atoms with E-state index in [-0.39, 0.29) is 114 Å². The van der Waals surface area contributed by atoms with Gasteiger partial charge in [0.05, 0.1) is 44.6 Å². The minimum absolute atomic E-state index is 0.0234. The average molecular weight is 1340 g/mol. The van der Waals surface area contributed by atoms with Crippen molar-refractivity contribution in [2.45, 2.75) is 65.0 Å². The van der Waals surface area contributed by atoms with Crippen molar-refractivity contribution in [2.24, 2.45) is 30.7 Å². The summed E-state index contributed by atoms with van der Waals surface area (Å²) in [5.41, 5.74) is -1.59. The SMILES string of the molecule is CC(=O)Nc1cc(N=Nc2cc(OCCCS(=O)(=O)O)c(N=Nc3c(C)c(C#N)c4nc5c(S(=O)(=O)O)c(C)ccc5n4c3O)cc2C)c(SCCCS(=O)(=O)O)cc1N=Nc1nc2c(S(=O)(=O)O)cc3c(S(=O)(=O)O)cc(S(=O)(=O)O)cc3c2s1. The Balaban J connectivity index is 1.24. The van der Waals surface area contributed by atoms with Gasteiger partial charge in [-0.25, -0.2) is 9.97 Å². The van der Waals surface area contributed by atoms with Crippen LogP contribution in [-0.4, -0.2) is 127 Å². The predicted molar refractivity (Wildman–Crippen MR) is 308 cm³/mol. The molecule has 32 nitrogen and oxygen atoms in total. The van der Waals surface area contributed by atoms with Crippen molar-refractivity contribution in [3.8, 4) is 17.7 Å². The van der Waals surface area contributed by atoms with E-state index in [2.05, 4.69) is 46.0 Å². The van der Waals surface area contributed by atoms with E-state index in [0.717, 1.165) is 29.2 Å². The summed E-state index contributed by atoms with van der Waals surface area (Å²) in [5, 5.41) is 48.5. The molecule has 0 aliphatic rings. The fraction of sp³-hybridized carbons (Fsp3) is 0.217. The van der Waals surface area contributed by atoms with Gasteiger partial charge in [-0.1, -0.05) is 17.4 Å². The summed E-state index contributed by atoms with van der Waals surface area (Å²) in [6.45, 7) is 5.08. The zero-order chi connectivity index (χ0) is 63.4. The van der Waals surface area contributed by atoms with Crippen LogP contribution in [0, 0.1) is 32.1 Å². The molecule has 0 atom stereocenters. The van der Waals surface area contributed by atoms with Crippen molar-refractivity contribution in [1.82, 2.24) is 14.4 Å². The number of carbonyl (C=O) groups excluding carboxylic acids is 1. The van der Waals surface area contributed by atoms with Gasteiger partial charge in [0.2, 0.25) is 16.9 Å². The molecule has 0 fully saturated rings. The highest BCUT2D eigenvalue weighted by Crippen LogP contribution is 2.46. The van der Waals surface area contributed by atoms with Crippen molar-refractivity contribution in [3.05, 3.63) is 76.9 Å². The molecule has 0 radical (unpaired) electrons. The van der Waals surface area contributed by atoms with E-state index in [1.54, 1.807) is 0 Å². The molecule has 86 heavy (non-hydrogen) atoms. The maximum Gasteiger partial charge on any atom is 0.297 e. The van der Waals surface area contributed by atoms with Crippen LogP contribution in [0.15, 0.2) is 110 Å². The number of anilines is 1. The van der Waals surface area contributed by atoms with E-state index in [0.29, 0.717) is 23.5 Å². The minimum atomic E-state index is -5.36. The van der Waals surface area contributed by atoms with Crippen LogP contribution in [0.25, 0.3) is 37.7 Å². The Morgan fingerprint density at radius 2 is 1.33 bits per heavy atom. The number of hydrogen-bond acceptors (Lipinski definition) is 26. The zero-order valence-electron chi connectivity index (χ0n) is 44.0. The first-order chi connectivity index (χ1) is 39.8. The number of thioether (sulfide) groups is 1. The molecule has 5 aromatic carbocycles. The summed E-state index contributed by atoms with van der Waals surface area (Å²) in [4.78, 5) is 17.4. The summed E-state index contributed by atoms with van der Waals surface area (Å²) in [6.07, 6.45) is -0.394. The highest BCUT2D eigenvalue weighted by atomic mass is 32.2. The first-order valence-corrected chi connectivity index (χ1v) is 34.5. The van der Waals surface area contributed by atoms with Gasteiger partial charge in [-0.15, -0.1) is 37.3 Å². The number of amides is 1. The number of nitriles is 1. The second kappa shape index (κ2) is 23.9. The van der Waals surface area contributed by atoms with Crippen LogP contribution in [0.1, 0.15) is 42.0 Å². The third kappa shape index (κ3) is 14.3. The lowest BCUT2D eigenvalue weighted by Crippen LogP contribution is -2.08. The van der Waals surface area contributed by atoms with Crippen molar-refractivity contribution in [2.75, 3.05) is 29.2 Å². The third-order valence-corrected chi connectivity index (χ3v) is 19.4. The van der Waals surface area contributed by atoms with Crippen molar-refractivity contribution >= 4 is 167 Å². The Bertz CT molecular complexity index is 5080. The number of pyridine rings is 1. The summed E-state index contributed by atoms with van der Waals surface area (Å²) < 4.78 is 212. The van der Waals surface area contributed by atoms with E-state index in [1.165, 1.54) is 57.2 Å². The van der Waals surface area contributed by atoms with Gasteiger partial charge in [-0.2, -0.15) is 60.9 Å². The average Bonchev–Trinajstić information content (AvgIpc) is 1.57. The van der Waals surface area contributed by atoms with Gasteiger partial charge in [0, 0.05) is 34.2 Å². The second-order valence-corrected chi connectivity index (χ2v) is 29.1. The highest BCUT2D eigenvalue weighted by molar-refractivity contribution is 7.99. The molecule has 0 saturated carbocycles. The minimum Gasteiger partial charge on any atom is -0.493 e. The second-order valence-electron chi connectivity index (χ2n) is 18.3. The number of thiazole rings is 1. The topological polar surface area (TPSA) is 513 Å². The van der Waals surface area contributed by atoms with Crippen LogP contribution < -0.4 is 10.1 Å². The quantitative estimate of drug-likeness (QED) is 0.0144. The van der Waals surface area contributed by atoms with E-state index in [9.17, 15) is 93.0 Å². The molecule has 0 spiro atoms. The Morgan fingerprint density at radius 1 is 0.686 bits per heavy atom. The summed E-state index contributed by atoms with van der Waals surface area (Å²) in [6, 6.07) is 11.6. The summed E-state index contributed by atoms with van der Waals surface area (Å²) in [5.74, 6) is -2.93. The fourth-order valence-corrected chi connectivity index (χ4v) is 14.4. The maximum atomic E-state index is 12.7. The molecular formula is C46H41N11O21S8. The largest absolute Gasteiger partial charge is 0.493 e. The molecule has 0 aliphatic carbocycles. The predicted octanol–water partition coefficient (Wildman–Crippen LogP) is 8.97. The lowest BCUT2D eigenvalue weighted by molar-refractivity contribution is -0.114. The molecule has 0 aliphatic heterocycles. The number of aromatic nitrogens is 3. The first kappa shape index (κ1) is 64.4. The molecule has 8 rings (SSSR count). The molecule has 8 N–H and O–H groups in total. The van der Waals surface area contributed by atoms with Gasteiger partial charge < -0.3 is 15.2 Å². The summed E-state index contributed by atoms with van der Waals surface area (Å²) in [7, 11) is -29.6. The number of aryl methyl sites for hydroxylation is 2. The van der Waals surface area contributed by atoms with Crippen LogP contribution in [-0.2, 0) is 65.5 Å². The lowest BCUT2D eigenvalue weighted by Gasteiger charge is -2.13. The van der Waals surface area contributed by atoms with Crippen LogP contribution in [0.3, 0.4) is 0 Å². The van der Waals surface area contributed by atoms with E-state index in [4.69, 9.17) is 4.74 Å². The number of azo groups is 3. The van der Waals surface area contributed by atoms with Gasteiger partial charge in [0.25, 0.3) is 60.7 Å². The molecule has 0 saturated heterocycles. The van der Waals surface area contributed by atoms with Crippen molar-refractivity contribution in [3.63, 3.8) is 0 Å². The Labute approximate surface area is 494 Å². The highest BCUT2D eigenvalue weighted by Gasteiger charge is 2.29. The van der Waals surface area contributed by atoms with Crippen molar-refractivity contribution in [1.29, 1.82) is 5.26 Å². The molecule has 0 unspecified atom stereocenters. The number of nitrogens with one attached hydrogen (secondary N) is 1. The molecular weight excluding hydrogens is 1300 g/mol. The molecule has 1 amide bonds. The number of aromatic hydroxyl groups is 1. The monoisotopic (exact) mass is 1340 g/mol. The van der Waals surface area contributed by atoms with Crippen molar-refractivity contribution < 1.29 is 92.5 Å². The van der Waals surface area contributed by atoms with Crippen LogP contribution in [0.4, 0.5) is 39.3 Å². The Kier molecular flexibility index (Phi) is 17.9. The third-order valence-electron chi connectivity index (χ3n) is 12.1. The zero-order valence-corrected chi connectivity index (χ0v) is 50.6. The number of nitrogens with zero attached hydrogens (tertiary/aromatic N) is 10. The van der Waals surface area contributed by atoms with Crippen LogP contribution in [0.5, 0.6) is 11.6 Å². The molecule has 454 valence electrons. The van der Waals surface area contributed by atoms with E-state index >= 15 is 0 Å². The van der Waals surface area contributed by atoms with E-state index < -0.39 is 125 Å². The van der Waals surface area contributed by atoms with E-state index in [1.807, 2.05) is 6.07 Å². The van der Waals surface area contributed by atoms with Gasteiger partial charge in [-0.05, 0) is 93.0 Å². The lowest BCUT2D eigenvalue weighted by atomic mass is 10.1. The number of fused-ring (bicyclic) bond motifs is 6. The molecule has 3 heterocycles. The molecule has 8 aromatic rings. The maximum absolute atomic E-state index is 12.7. The normalized spacial score (nSPS) is 13.1. The van der Waals surface area contributed by atoms with Gasteiger partial charge >= 0.3 is 0 Å². The number of imidazole rings is 1.